The van der Waals surface area contributed by atoms with Crippen LogP contribution in [-0.4, -0.2) is 50.9 Å². The Kier molecular flexibility index (Phi) is 7.38. The number of nitrogens with two attached hydrogens (primary N) is 1. The molecule has 1 aliphatic rings. The van der Waals surface area contributed by atoms with Crippen molar-refractivity contribution in [3.05, 3.63) is 0 Å². The van der Waals surface area contributed by atoms with Gasteiger partial charge in [0, 0.05) is 19.3 Å². The Balaban J connectivity index is 0.00000256. The van der Waals surface area contributed by atoms with Crippen molar-refractivity contribution in [2.24, 2.45) is 16.6 Å². The molecule has 0 aromatic rings. The van der Waals surface area contributed by atoms with E-state index in [0.717, 1.165) is 19.5 Å². The number of aliphatic imine (C=N–C) groups is 1. The topological polar surface area (TPSA) is 75.8 Å². The fourth-order valence-electron chi connectivity index (χ4n) is 1.82. The largest absolute Gasteiger partial charge is 0.370 e. The highest BCUT2D eigenvalue weighted by Gasteiger charge is 2.17. The minimum atomic E-state index is -2.94. The monoisotopic (exact) mass is 375 g/mol. The smallest absolute Gasteiger partial charge is 0.191 e. The fraction of sp³-hybridized carbons (Fsp3) is 0.900. The molecule has 1 saturated heterocycles. The highest BCUT2D eigenvalue weighted by molar-refractivity contribution is 14.0. The number of halogens is 1. The molecule has 1 heterocycles. The van der Waals surface area contributed by atoms with Gasteiger partial charge in [-0.3, -0.25) is 4.99 Å². The van der Waals surface area contributed by atoms with E-state index < -0.39 is 9.84 Å². The summed E-state index contributed by atoms with van der Waals surface area (Å²) in [5.74, 6) is 1.18. The van der Waals surface area contributed by atoms with E-state index >= 15 is 0 Å². The Hall–Kier alpha value is -0.0500. The molecule has 0 aromatic carbocycles. The SMILES string of the molecule is CC1CCCN(C(N)=NCCS(C)(=O)=O)C1.I. The van der Waals surface area contributed by atoms with Crippen molar-refractivity contribution < 1.29 is 8.42 Å². The molecule has 0 saturated carbocycles. The number of nitrogens with zero attached hydrogens (tertiary/aromatic N) is 2. The molecule has 17 heavy (non-hydrogen) atoms. The summed E-state index contributed by atoms with van der Waals surface area (Å²) in [6, 6.07) is 0. The molecule has 0 radical (unpaired) electrons. The van der Waals surface area contributed by atoms with Crippen LogP contribution in [0.1, 0.15) is 19.8 Å². The first-order valence-corrected chi connectivity index (χ1v) is 7.67. The average molecular weight is 375 g/mol. The van der Waals surface area contributed by atoms with Gasteiger partial charge in [-0.05, 0) is 18.8 Å². The summed E-state index contributed by atoms with van der Waals surface area (Å²) >= 11 is 0. The van der Waals surface area contributed by atoms with Gasteiger partial charge in [0.15, 0.2) is 5.96 Å². The molecule has 7 heteroatoms. The van der Waals surface area contributed by atoms with Gasteiger partial charge < -0.3 is 10.6 Å². The van der Waals surface area contributed by atoms with E-state index in [2.05, 4.69) is 11.9 Å². The molecule has 0 spiro atoms. The lowest BCUT2D eigenvalue weighted by molar-refractivity contribution is 0.270. The third-order valence-corrected chi connectivity index (χ3v) is 3.64. The molecule has 1 fully saturated rings. The second kappa shape index (κ2) is 7.40. The molecule has 5 nitrogen and oxygen atoms in total. The van der Waals surface area contributed by atoms with Gasteiger partial charge in [-0.25, -0.2) is 8.42 Å². The summed E-state index contributed by atoms with van der Waals surface area (Å²) in [5.41, 5.74) is 5.82. The van der Waals surface area contributed by atoms with Crippen molar-refractivity contribution in [1.29, 1.82) is 0 Å². The van der Waals surface area contributed by atoms with Crippen molar-refractivity contribution in [3.8, 4) is 0 Å². The van der Waals surface area contributed by atoms with Gasteiger partial charge in [-0.2, -0.15) is 0 Å². The predicted octanol–water partition coefficient (Wildman–Crippen LogP) is 0.696. The van der Waals surface area contributed by atoms with Crippen LogP contribution in [0.5, 0.6) is 0 Å². The van der Waals surface area contributed by atoms with E-state index in [1.165, 1.54) is 12.7 Å². The Morgan fingerprint density at radius 2 is 2.18 bits per heavy atom. The van der Waals surface area contributed by atoms with E-state index in [-0.39, 0.29) is 36.3 Å². The van der Waals surface area contributed by atoms with Crippen LogP contribution in [0.4, 0.5) is 0 Å². The van der Waals surface area contributed by atoms with Crippen LogP contribution in [0.2, 0.25) is 0 Å². The quantitative estimate of drug-likeness (QED) is 0.448. The van der Waals surface area contributed by atoms with E-state index in [1.807, 2.05) is 4.90 Å². The van der Waals surface area contributed by atoms with Crippen LogP contribution in [-0.2, 0) is 9.84 Å². The number of piperidine rings is 1. The van der Waals surface area contributed by atoms with Crippen molar-refractivity contribution in [3.63, 3.8) is 0 Å². The average Bonchev–Trinajstić information content (AvgIpc) is 2.15. The van der Waals surface area contributed by atoms with Gasteiger partial charge in [-0.1, -0.05) is 6.92 Å². The maximum Gasteiger partial charge on any atom is 0.191 e. The van der Waals surface area contributed by atoms with Crippen molar-refractivity contribution in [2.75, 3.05) is 31.6 Å². The second-order valence-electron chi connectivity index (χ2n) is 4.56. The lowest BCUT2D eigenvalue weighted by Crippen LogP contribution is -2.43. The lowest BCUT2D eigenvalue weighted by atomic mass is 10.0. The molecule has 102 valence electrons. The molecule has 0 bridgehead atoms. The molecule has 0 aliphatic carbocycles. The molecule has 2 N–H and O–H groups in total. The van der Waals surface area contributed by atoms with E-state index in [9.17, 15) is 8.42 Å². The van der Waals surface area contributed by atoms with Crippen LogP contribution in [0.3, 0.4) is 0 Å². The van der Waals surface area contributed by atoms with E-state index in [4.69, 9.17) is 5.73 Å². The number of likely N-dealkylation sites (tertiary alicyclic amines) is 1. The predicted molar refractivity (Wildman–Crippen MR) is 81.6 cm³/mol. The molecular formula is C10H22IN3O2S. The van der Waals surface area contributed by atoms with Crippen molar-refractivity contribution in [1.82, 2.24) is 4.90 Å². The molecule has 0 aromatic heterocycles. The number of guanidine groups is 1. The molecule has 0 amide bonds. The fourth-order valence-corrected chi connectivity index (χ4v) is 2.25. The minimum Gasteiger partial charge on any atom is -0.370 e. The summed E-state index contributed by atoms with van der Waals surface area (Å²) in [6.45, 7) is 4.30. The molecular weight excluding hydrogens is 353 g/mol. The number of rotatable bonds is 3. The van der Waals surface area contributed by atoms with Crippen LogP contribution in [0.25, 0.3) is 0 Å². The number of hydrogen-bond acceptors (Lipinski definition) is 3. The first-order valence-electron chi connectivity index (χ1n) is 5.61. The third kappa shape index (κ3) is 7.07. The normalized spacial score (nSPS) is 22.1. The van der Waals surface area contributed by atoms with Gasteiger partial charge in [0.05, 0.1) is 12.3 Å². The number of sulfone groups is 1. The first kappa shape index (κ1) is 16.9. The minimum absolute atomic E-state index is 0. The Bertz CT molecular complexity index is 357. The summed E-state index contributed by atoms with van der Waals surface area (Å²) in [6.07, 6.45) is 3.57. The third-order valence-electron chi connectivity index (χ3n) is 2.72. The first-order chi connectivity index (χ1) is 7.38. The Morgan fingerprint density at radius 1 is 1.53 bits per heavy atom. The molecule has 1 rings (SSSR count). The second-order valence-corrected chi connectivity index (χ2v) is 6.82. The standard InChI is InChI=1S/C10H21N3O2S.HI/c1-9-4-3-6-13(8-9)10(11)12-5-7-16(2,14)15;/h9H,3-8H2,1-2H3,(H2,11,12);1H. The zero-order chi connectivity index (χ0) is 12.2. The summed E-state index contributed by atoms with van der Waals surface area (Å²) in [4.78, 5) is 6.15. The maximum atomic E-state index is 10.9. The van der Waals surface area contributed by atoms with Gasteiger partial charge in [0.1, 0.15) is 9.84 Å². The molecule has 1 atom stereocenters. The Morgan fingerprint density at radius 3 is 2.71 bits per heavy atom. The summed E-state index contributed by atoms with van der Waals surface area (Å²) in [7, 11) is -2.94. The summed E-state index contributed by atoms with van der Waals surface area (Å²) in [5, 5.41) is 0. The molecule has 1 aliphatic heterocycles. The summed E-state index contributed by atoms with van der Waals surface area (Å²) < 4.78 is 21.8. The van der Waals surface area contributed by atoms with Gasteiger partial charge in [0.2, 0.25) is 0 Å². The van der Waals surface area contributed by atoms with E-state index in [1.54, 1.807) is 0 Å². The number of hydrogen-bond donors (Lipinski definition) is 1. The zero-order valence-electron chi connectivity index (χ0n) is 10.4. The zero-order valence-corrected chi connectivity index (χ0v) is 13.6. The maximum absolute atomic E-state index is 10.9. The van der Waals surface area contributed by atoms with Gasteiger partial charge >= 0.3 is 0 Å². The molecule has 1 unspecified atom stereocenters. The van der Waals surface area contributed by atoms with Crippen LogP contribution in [0.15, 0.2) is 4.99 Å². The van der Waals surface area contributed by atoms with Crippen LogP contribution in [0, 0.1) is 5.92 Å². The highest BCUT2D eigenvalue weighted by Crippen LogP contribution is 2.14. The highest BCUT2D eigenvalue weighted by atomic mass is 127. The Labute approximate surface area is 121 Å². The van der Waals surface area contributed by atoms with Crippen molar-refractivity contribution >= 4 is 39.8 Å². The van der Waals surface area contributed by atoms with Crippen LogP contribution < -0.4 is 5.73 Å². The lowest BCUT2D eigenvalue weighted by Gasteiger charge is -2.31. The van der Waals surface area contributed by atoms with E-state index in [0.29, 0.717) is 11.9 Å². The van der Waals surface area contributed by atoms with Crippen LogP contribution >= 0.6 is 24.0 Å². The van der Waals surface area contributed by atoms with Gasteiger partial charge in [0.25, 0.3) is 0 Å². The van der Waals surface area contributed by atoms with Crippen molar-refractivity contribution in [2.45, 2.75) is 19.8 Å². The van der Waals surface area contributed by atoms with Gasteiger partial charge in [-0.15, -0.1) is 24.0 Å².